The number of aliphatic hydroxyl groups excluding tert-OH is 1. The van der Waals surface area contributed by atoms with Crippen LogP contribution in [-0.2, 0) is 16.0 Å². The zero-order valence-corrected chi connectivity index (χ0v) is 10.4. The third-order valence-corrected chi connectivity index (χ3v) is 3.26. The third-order valence-electron chi connectivity index (χ3n) is 3.26. The minimum absolute atomic E-state index is 0.0770. The molecule has 0 aromatic heterocycles. The number of halogens is 1. The Balaban J connectivity index is 2.07. The molecule has 2 rings (SSSR count). The van der Waals surface area contributed by atoms with Crippen molar-refractivity contribution >= 4 is 5.97 Å². The van der Waals surface area contributed by atoms with Gasteiger partial charge in [0.25, 0.3) is 0 Å². The van der Waals surface area contributed by atoms with Gasteiger partial charge in [-0.3, -0.25) is 4.79 Å². The molecule has 18 heavy (non-hydrogen) atoms. The summed E-state index contributed by atoms with van der Waals surface area (Å²) in [6.45, 7) is 2.10. The van der Waals surface area contributed by atoms with Crippen LogP contribution in [0.4, 0.5) is 4.39 Å². The molecule has 0 amide bonds. The maximum absolute atomic E-state index is 13.4. The van der Waals surface area contributed by atoms with E-state index in [0.717, 1.165) is 12.0 Å². The van der Waals surface area contributed by atoms with Crippen LogP contribution in [0.2, 0.25) is 0 Å². The molecule has 3 nitrogen and oxygen atoms in total. The molecule has 1 saturated carbocycles. The monoisotopic (exact) mass is 252 g/mol. The molecule has 1 fully saturated rings. The largest absolute Gasteiger partial charge is 0.466 e. The molecule has 0 heterocycles. The fraction of sp³-hybridized carbons (Fsp3) is 0.500. The van der Waals surface area contributed by atoms with Crippen LogP contribution in [-0.4, -0.2) is 24.3 Å². The van der Waals surface area contributed by atoms with E-state index in [1.54, 1.807) is 19.1 Å². The van der Waals surface area contributed by atoms with Gasteiger partial charge in [0.1, 0.15) is 5.82 Å². The van der Waals surface area contributed by atoms with Crippen molar-refractivity contribution in [3.05, 3.63) is 35.1 Å². The van der Waals surface area contributed by atoms with E-state index in [9.17, 15) is 9.18 Å². The summed E-state index contributed by atoms with van der Waals surface area (Å²) in [5.74, 6) is -0.420. The van der Waals surface area contributed by atoms with Crippen LogP contribution in [0.5, 0.6) is 0 Å². The van der Waals surface area contributed by atoms with Crippen LogP contribution in [0.25, 0.3) is 0 Å². The van der Waals surface area contributed by atoms with Gasteiger partial charge in [-0.05, 0) is 42.9 Å². The van der Waals surface area contributed by atoms with Crippen molar-refractivity contribution in [2.24, 2.45) is 5.92 Å². The zero-order valence-electron chi connectivity index (χ0n) is 10.4. The molecule has 0 saturated heterocycles. The second-order valence-electron chi connectivity index (χ2n) is 4.53. The lowest BCUT2D eigenvalue weighted by molar-refractivity contribution is -0.144. The number of rotatable bonds is 5. The predicted molar refractivity (Wildman–Crippen MR) is 64.7 cm³/mol. The zero-order chi connectivity index (χ0) is 13.1. The van der Waals surface area contributed by atoms with Gasteiger partial charge in [0.15, 0.2) is 0 Å². The SMILES string of the molecule is CCOC(=O)C1CC1c1ccc(F)c(CCO)c1. The molecule has 98 valence electrons. The Morgan fingerprint density at radius 3 is 3.00 bits per heavy atom. The van der Waals surface area contributed by atoms with Crippen LogP contribution < -0.4 is 0 Å². The van der Waals surface area contributed by atoms with Crippen molar-refractivity contribution in [3.63, 3.8) is 0 Å². The standard InChI is InChI=1S/C14H17FO3/c1-2-18-14(17)12-8-11(12)9-3-4-13(15)10(7-9)5-6-16/h3-4,7,11-12,16H,2,5-6,8H2,1H3. The molecular formula is C14H17FO3. The smallest absolute Gasteiger partial charge is 0.309 e. The number of hydrogen-bond donors (Lipinski definition) is 1. The highest BCUT2D eigenvalue weighted by atomic mass is 19.1. The van der Waals surface area contributed by atoms with E-state index >= 15 is 0 Å². The highest BCUT2D eigenvalue weighted by molar-refractivity contribution is 5.77. The number of aliphatic hydroxyl groups is 1. The number of esters is 1. The van der Waals surface area contributed by atoms with Crippen molar-refractivity contribution < 1.29 is 19.0 Å². The van der Waals surface area contributed by atoms with Crippen LogP contribution in [0.1, 0.15) is 30.4 Å². The average molecular weight is 252 g/mol. The summed E-state index contributed by atoms with van der Waals surface area (Å²) >= 11 is 0. The molecule has 1 aliphatic rings. The van der Waals surface area contributed by atoms with Crippen LogP contribution in [0.3, 0.4) is 0 Å². The molecule has 0 aliphatic heterocycles. The lowest BCUT2D eigenvalue weighted by atomic mass is 10.0. The highest BCUT2D eigenvalue weighted by Crippen LogP contribution is 2.48. The topological polar surface area (TPSA) is 46.5 Å². The Bertz CT molecular complexity index is 445. The van der Waals surface area contributed by atoms with E-state index in [0.29, 0.717) is 18.6 Å². The number of carbonyl (C=O) groups is 1. The summed E-state index contributed by atoms with van der Waals surface area (Å²) in [5, 5.41) is 8.86. The van der Waals surface area contributed by atoms with Gasteiger partial charge in [-0.15, -0.1) is 0 Å². The number of ether oxygens (including phenoxy) is 1. The molecule has 0 spiro atoms. The first-order valence-corrected chi connectivity index (χ1v) is 6.23. The number of hydrogen-bond acceptors (Lipinski definition) is 3. The molecule has 1 N–H and O–H groups in total. The lowest BCUT2D eigenvalue weighted by Crippen LogP contribution is -2.07. The number of carbonyl (C=O) groups excluding carboxylic acids is 1. The normalized spacial score (nSPS) is 21.7. The molecule has 2 atom stereocenters. The Hall–Kier alpha value is -1.42. The van der Waals surface area contributed by atoms with Gasteiger partial charge in [0.2, 0.25) is 0 Å². The minimum Gasteiger partial charge on any atom is -0.466 e. The molecule has 1 aromatic carbocycles. The third kappa shape index (κ3) is 2.70. The van der Waals surface area contributed by atoms with Crippen molar-refractivity contribution in [1.29, 1.82) is 0 Å². The Kier molecular flexibility index (Phi) is 3.97. The van der Waals surface area contributed by atoms with Gasteiger partial charge in [-0.1, -0.05) is 12.1 Å². The summed E-state index contributed by atoms with van der Waals surface area (Å²) in [7, 11) is 0. The van der Waals surface area contributed by atoms with Crippen molar-refractivity contribution in [1.82, 2.24) is 0 Å². The van der Waals surface area contributed by atoms with Gasteiger partial charge in [0.05, 0.1) is 12.5 Å². The van der Waals surface area contributed by atoms with Gasteiger partial charge in [0, 0.05) is 6.61 Å². The molecule has 4 heteroatoms. The molecule has 1 aliphatic carbocycles. The van der Waals surface area contributed by atoms with Crippen LogP contribution >= 0.6 is 0 Å². The Labute approximate surface area is 106 Å². The first-order chi connectivity index (χ1) is 8.67. The van der Waals surface area contributed by atoms with E-state index in [1.807, 2.05) is 0 Å². The predicted octanol–water partition coefficient (Wildman–Crippen LogP) is 2.03. The summed E-state index contributed by atoms with van der Waals surface area (Å²) in [5.41, 5.74) is 1.46. The van der Waals surface area contributed by atoms with E-state index in [2.05, 4.69) is 0 Å². The van der Waals surface area contributed by atoms with Gasteiger partial charge >= 0.3 is 5.97 Å². The average Bonchev–Trinajstić information content (AvgIpc) is 3.13. The van der Waals surface area contributed by atoms with E-state index in [1.165, 1.54) is 6.07 Å². The molecular weight excluding hydrogens is 235 g/mol. The van der Waals surface area contributed by atoms with E-state index < -0.39 is 0 Å². The first kappa shape index (κ1) is 13.0. The maximum atomic E-state index is 13.4. The second-order valence-corrected chi connectivity index (χ2v) is 4.53. The summed E-state index contributed by atoms with van der Waals surface area (Å²) in [6, 6.07) is 4.86. The summed E-state index contributed by atoms with van der Waals surface area (Å²) in [6.07, 6.45) is 1.07. The van der Waals surface area contributed by atoms with E-state index in [-0.39, 0.29) is 30.2 Å². The Morgan fingerprint density at radius 2 is 2.33 bits per heavy atom. The molecule has 2 unspecified atom stereocenters. The van der Waals surface area contributed by atoms with Crippen molar-refractivity contribution in [2.75, 3.05) is 13.2 Å². The van der Waals surface area contributed by atoms with Crippen LogP contribution in [0, 0.1) is 11.7 Å². The number of benzene rings is 1. The second kappa shape index (κ2) is 5.48. The van der Waals surface area contributed by atoms with Crippen LogP contribution in [0.15, 0.2) is 18.2 Å². The van der Waals surface area contributed by atoms with E-state index in [4.69, 9.17) is 9.84 Å². The fourth-order valence-electron chi connectivity index (χ4n) is 2.21. The molecule has 0 bridgehead atoms. The molecule has 0 radical (unpaired) electrons. The highest BCUT2D eigenvalue weighted by Gasteiger charge is 2.45. The quantitative estimate of drug-likeness (QED) is 0.816. The first-order valence-electron chi connectivity index (χ1n) is 6.23. The summed E-state index contributed by atoms with van der Waals surface area (Å²) in [4.78, 5) is 11.5. The minimum atomic E-state index is -0.305. The Morgan fingerprint density at radius 1 is 1.56 bits per heavy atom. The maximum Gasteiger partial charge on any atom is 0.309 e. The van der Waals surface area contributed by atoms with Gasteiger partial charge < -0.3 is 9.84 Å². The summed E-state index contributed by atoms with van der Waals surface area (Å²) < 4.78 is 18.4. The van der Waals surface area contributed by atoms with Gasteiger partial charge in [-0.25, -0.2) is 4.39 Å². The fourth-order valence-corrected chi connectivity index (χ4v) is 2.21. The van der Waals surface area contributed by atoms with Gasteiger partial charge in [-0.2, -0.15) is 0 Å². The van der Waals surface area contributed by atoms with Crippen molar-refractivity contribution in [3.8, 4) is 0 Å². The molecule has 1 aromatic rings. The van der Waals surface area contributed by atoms with Crippen molar-refractivity contribution in [2.45, 2.75) is 25.7 Å². The lowest BCUT2D eigenvalue weighted by Gasteiger charge is -2.05.